The molecular formula is C13H13N3OS. The van der Waals surface area contributed by atoms with Crippen LogP contribution in [0, 0.1) is 0 Å². The molecule has 1 aliphatic heterocycles. The number of nitrogens with zero attached hydrogens (tertiary/aromatic N) is 1. The molecule has 5 heteroatoms. The fourth-order valence-corrected chi connectivity index (χ4v) is 2.83. The number of anilines is 2. The van der Waals surface area contributed by atoms with Gasteiger partial charge in [0, 0.05) is 16.3 Å². The predicted molar refractivity (Wildman–Crippen MR) is 73.8 cm³/mol. The zero-order chi connectivity index (χ0) is 12.5. The third-order valence-electron chi connectivity index (χ3n) is 3.00. The number of rotatable bonds is 2. The van der Waals surface area contributed by atoms with E-state index >= 15 is 0 Å². The molecule has 1 fully saturated rings. The summed E-state index contributed by atoms with van der Waals surface area (Å²) in [4.78, 5) is 14.9. The van der Waals surface area contributed by atoms with E-state index in [2.05, 4.69) is 5.32 Å². The molecule has 3 N–H and O–H groups in total. The summed E-state index contributed by atoms with van der Waals surface area (Å²) in [5.74, 6) is 0. The van der Waals surface area contributed by atoms with E-state index in [9.17, 15) is 4.79 Å². The molecule has 0 radical (unpaired) electrons. The third-order valence-corrected chi connectivity index (χ3v) is 3.99. The normalized spacial score (nSPS) is 19.0. The molecule has 1 aromatic carbocycles. The maximum absolute atomic E-state index is 12.0. The van der Waals surface area contributed by atoms with Crippen LogP contribution in [0.1, 0.15) is 10.9 Å². The van der Waals surface area contributed by atoms with Crippen molar-refractivity contribution >= 4 is 28.7 Å². The molecule has 1 saturated heterocycles. The molecule has 92 valence electrons. The Morgan fingerprint density at radius 3 is 2.72 bits per heavy atom. The number of hydrogen-bond acceptors (Lipinski definition) is 3. The Hall–Kier alpha value is -2.01. The monoisotopic (exact) mass is 259 g/mol. The van der Waals surface area contributed by atoms with Gasteiger partial charge in [-0.1, -0.05) is 6.07 Å². The highest BCUT2D eigenvalue weighted by atomic mass is 32.1. The summed E-state index contributed by atoms with van der Waals surface area (Å²) in [5, 5.41) is 5.01. The van der Waals surface area contributed by atoms with Gasteiger partial charge in [0.25, 0.3) is 0 Å². The Balaban J connectivity index is 1.82. The van der Waals surface area contributed by atoms with Crippen molar-refractivity contribution in [3.8, 4) is 0 Å². The van der Waals surface area contributed by atoms with Gasteiger partial charge in [-0.05, 0) is 35.7 Å². The van der Waals surface area contributed by atoms with Gasteiger partial charge in [0.05, 0.1) is 12.6 Å². The second-order valence-electron chi connectivity index (χ2n) is 4.22. The van der Waals surface area contributed by atoms with Crippen molar-refractivity contribution in [3.05, 3.63) is 46.7 Å². The average molecular weight is 259 g/mol. The summed E-state index contributed by atoms with van der Waals surface area (Å²) < 4.78 is 0. The number of hydrogen-bond donors (Lipinski definition) is 2. The van der Waals surface area contributed by atoms with Crippen LogP contribution in [0.15, 0.2) is 41.8 Å². The van der Waals surface area contributed by atoms with Gasteiger partial charge in [-0.2, -0.15) is 0 Å². The number of urea groups is 1. The van der Waals surface area contributed by atoms with Crippen LogP contribution in [0.3, 0.4) is 0 Å². The minimum atomic E-state index is -0.0572. The van der Waals surface area contributed by atoms with Crippen molar-refractivity contribution in [1.82, 2.24) is 5.32 Å². The van der Waals surface area contributed by atoms with Gasteiger partial charge in [-0.15, -0.1) is 11.3 Å². The predicted octanol–water partition coefficient (Wildman–Crippen LogP) is 2.60. The highest BCUT2D eigenvalue weighted by Gasteiger charge is 2.31. The summed E-state index contributed by atoms with van der Waals surface area (Å²) in [5.41, 5.74) is 7.22. The minimum absolute atomic E-state index is 0.0572. The van der Waals surface area contributed by atoms with Crippen molar-refractivity contribution in [2.75, 3.05) is 17.2 Å². The standard InChI is InChI=1S/C13H13N3OS/c14-9-3-5-10(6-4-9)16-8-11(15-13(16)17)12-2-1-7-18-12/h1-7,11H,8,14H2,(H,15,17). The summed E-state index contributed by atoms with van der Waals surface area (Å²) in [7, 11) is 0. The molecule has 0 bridgehead atoms. The average Bonchev–Trinajstić information content (AvgIpc) is 2.99. The lowest BCUT2D eigenvalue weighted by Crippen LogP contribution is -2.27. The number of amides is 2. The number of carbonyl (C=O) groups excluding carboxylic acids is 1. The van der Waals surface area contributed by atoms with Crippen molar-refractivity contribution < 1.29 is 4.79 Å². The third kappa shape index (κ3) is 1.93. The van der Waals surface area contributed by atoms with E-state index < -0.39 is 0 Å². The van der Waals surface area contributed by atoms with Gasteiger partial charge in [0.1, 0.15) is 0 Å². The van der Waals surface area contributed by atoms with E-state index in [4.69, 9.17) is 5.73 Å². The zero-order valence-corrected chi connectivity index (χ0v) is 10.5. The Morgan fingerprint density at radius 2 is 2.06 bits per heavy atom. The molecule has 3 rings (SSSR count). The lowest BCUT2D eigenvalue weighted by molar-refractivity contribution is 0.251. The molecule has 0 aliphatic carbocycles. The highest BCUT2D eigenvalue weighted by Crippen LogP contribution is 2.28. The van der Waals surface area contributed by atoms with Gasteiger partial charge in [0.15, 0.2) is 0 Å². The molecular weight excluding hydrogens is 246 g/mol. The molecule has 1 aliphatic rings. The summed E-state index contributed by atoms with van der Waals surface area (Å²) >= 11 is 1.66. The Morgan fingerprint density at radius 1 is 1.28 bits per heavy atom. The van der Waals surface area contributed by atoms with Crippen molar-refractivity contribution in [3.63, 3.8) is 0 Å². The van der Waals surface area contributed by atoms with Crippen LogP contribution in [-0.2, 0) is 0 Å². The number of nitrogens with one attached hydrogen (secondary N) is 1. The van der Waals surface area contributed by atoms with E-state index in [-0.39, 0.29) is 12.1 Å². The van der Waals surface area contributed by atoms with E-state index in [0.29, 0.717) is 12.2 Å². The van der Waals surface area contributed by atoms with Crippen molar-refractivity contribution in [2.24, 2.45) is 0 Å². The first-order valence-electron chi connectivity index (χ1n) is 5.71. The lowest BCUT2D eigenvalue weighted by atomic mass is 10.2. The van der Waals surface area contributed by atoms with Gasteiger partial charge in [-0.3, -0.25) is 4.90 Å². The second kappa shape index (κ2) is 4.34. The van der Waals surface area contributed by atoms with Gasteiger partial charge in [-0.25, -0.2) is 4.79 Å². The molecule has 2 amide bonds. The van der Waals surface area contributed by atoms with Crippen LogP contribution in [0.5, 0.6) is 0 Å². The summed E-state index contributed by atoms with van der Waals surface area (Å²) in [6, 6.07) is 11.4. The maximum atomic E-state index is 12.0. The smallest absolute Gasteiger partial charge is 0.322 e. The van der Waals surface area contributed by atoms with Crippen LogP contribution < -0.4 is 16.0 Å². The lowest BCUT2D eigenvalue weighted by Gasteiger charge is -2.14. The first-order chi connectivity index (χ1) is 8.74. The molecule has 1 atom stereocenters. The van der Waals surface area contributed by atoms with E-state index in [1.807, 2.05) is 29.6 Å². The minimum Gasteiger partial charge on any atom is -0.399 e. The molecule has 0 saturated carbocycles. The number of nitrogen functional groups attached to an aromatic ring is 1. The fraction of sp³-hybridized carbons (Fsp3) is 0.154. The molecule has 1 aromatic heterocycles. The van der Waals surface area contributed by atoms with Crippen LogP contribution in [-0.4, -0.2) is 12.6 Å². The van der Waals surface area contributed by atoms with Crippen molar-refractivity contribution in [2.45, 2.75) is 6.04 Å². The van der Waals surface area contributed by atoms with E-state index in [0.717, 1.165) is 5.69 Å². The molecule has 2 heterocycles. The fourth-order valence-electron chi connectivity index (χ4n) is 2.07. The van der Waals surface area contributed by atoms with Gasteiger partial charge in [0.2, 0.25) is 0 Å². The molecule has 0 spiro atoms. The van der Waals surface area contributed by atoms with Crippen LogP contribution in [0.2, 0.25) is 0 Å². The molecule has 1 unspecified atom stereocenters. The maximum Gasteiger partial charge on any atom is 0.322 e. The topological polar surface area (TPSA) is 58.4 Å². The van der Waals surface area contributed by atoms with Crippen molar-refractivity contribution in [1.29, 1.82) is 0 Å². The number of thiophene rings is 1. The van der Waals surface area contributed by atoms with Crippen LogP contribution in [0.25, 0.3) is 0 Å². The summed E-state index contributed by atoms with van der Waals surface area (Å²) in [6.07, 6.45) is 0. The largest absolute Gasteiger partial charge is 0.399 e. The van der Waals surface area contributed by atoms with E-state index in [1.54, 1.807) is 28.4 Å². The first kappa shape index (κ1) is 11.1. The highest BCUT2D eigenvalue weighted by molar-refractivity contribution is 7.10. The molecule has 18 heavy (non-hydrogen) atoms. The Labute approximate surface area is 109 Å². The van der Waals surface area contributed by atoms with Gasteiger partial charge < -0.3 is 11.1 Å². The summed E-state index contributed by atoms with van der Waals surface area (Å²) in [6.45, 7) is 0.656. The zero-order valence-electron chi connectivity index (χ0n) is 9.67. The van der Waals surface area contributed by atoms with Crippen LogP contribution in [0.4, 0.5) is 16.2 Å². The SMILES string of the molecule is Nc1ccc(N2CC(c3cccs3)NC2=O)cc1. The number of nitrogens with two attached hydrogens (primary N) is 1. The first-order valence-corrected chi connectivity index (χ1v) is 6.59. The quantitative estimate of drug-likeness (QED) is 0.814. The van der Waals surface area contributed by atoms with E-state index in [1.165, 1.54) is 4.88 Å². The number of benzene rings is 1. The second-order valence-corrected chi connectivity index (χ2v) is 5.20. The molecule has 2 aromatic rings. The van der Waals surface area contributed by atoms with Crippen LogP contribution >= 0.6 is 11.3 Å². The Kier molecular flexibility index (Phi) is 2.68. The Bertz CT molecular complexity index is 550. The number of carbonyl (C=O) groups is 1. The van der Waals surface area contributed by atoms with Gasteiger partial charge >= 0.3 is 6.03 Å². The molecule has 4 nitrogen and oxygen atoms in total.